The first-order valence-electron chi connectivity index (χ1n) is 12.5. The standard InChI is InChI=1S/C28H40N2O/c1-3-9-24(10-4-1)21-30(22-25-11-5-2-6-12-25)28-16-14-26(15-17-28)23-31-20-18-27-13-7-8-19-29-27/h1-6,9-12,26-29H,7-8,13-23H2. The van der Waals surface area contributed by atoms with Crippen LogP contribution in [0.2, 0.25) is 0 Å². The van der Waals surface area contributed by atoms with Crippen LogP contribution >= 0.6 is 0 Å². The Morgan fingerprint density at radius 3 is 2.00 bits per heavy atom. The van der Waals surface area contributed by atoms with E-state index in [1.165, 1.54) is 69.0 Å². The maximum absolute atomic E-state index is 6.11. The molecule has 1 aliphatic heterocycles. The fraction of sp³-hybridized carbons (Fsp3) is 0.571. The lowest BCUT2D eigenvalue weighted by molar-refractivity contribution is 0.0545. The third kappa shape index (κ3) is 7.45. The fourth-order valence-electron chi connectivity index (χ4n) is 5.27. The Hall–Kier alpha value is -1.68. The van der Waals surface area contributed by atoms with Gasteiger partial charge >= 0.3 is 0 Å². The van der Waals surface area contributed by atoms with E-state index in [1.807, 2.05) is 0 Å². The maximum atomic E-state index is 6.11. The van der Waals surface area contributed by atoms with Gasteiger partial charge in [0.25, 0.3) is 0 Å². The van der Waals surface area contributed by atoms with Crippen LogP contribution in [-0.2, 0) is 17.8 Å². The van der Waals surface area contributed by atoms with Crippen LogP contribution in [0.25, 0.3) is 0 Å². The van der Waals surface area contributed by atoms with Gasteiger partial charge in [-0.2, -0.15) is 0 Å². The molecule has 2 aromatic carbocycles. The number of hydrogen-bond donors (Lipinski definition) is 1. The van der Waals surface area contributed by atoms with Gasteiger partial charge in [0.2, 0.25) is 0 Å². The molecule has 1 aliphatic carbocycles. The van der Waals surface area contributed by atoms with E-state index in [-0.39, 0.29) is 0 Å². The van der Waals surface area contributed by atoms with E-state index in [2.05, 4.69) is 70.9 Å². The van der Waals surface area contributed by atoms with Gasteiger partial charge in [-0.1, -0.05) is 67.1 Å². The quantitative estimate of drug-likeness (QED) is 0.492. The van der Waals surface area contributed by atoms with E-state index in [0.717, 1.165) is 32.2 Å². The molecular formula is C28H40N2O. The van der Waals surface area contributed by atoms with Gasteiger partial charge in [0.15, 0.2) is 0 Å². The molecule has 3 nitrogen and oxygen atoms in total. The average molecular weight is 421 g/mol. The van der Waals surface area contributed by atoms with E-state index >= 15 is 0 Å². The SMILES string of the molecule is c1ccc(CN(Cc2ccccc2)C2CCC(COCCC3CCCCN3)CC2)cc1. The van der Waals surface area contributed by atoms with Crippen molar-refractivity contribution in [2.75, 3.05) is 19.8 Å². The van der Waals surface area contributed by atoms with Crippen molar-refractivity contribution in [1.82, 2.24) is 10.2 Å². The largest absolute Gasteiger partial charge is 0.381 e. The van der Waals surface area contributed by atoms with Crippen LogP contribution in [0, 0.1) is 5.92 Å². The van der Waals surface area contributed by atoms with Crippen molar-refractivity contribution in [3.8, 4) is 0 Å². The summed E-state index contributed by atoms with van der Waals surface area (Å²) >= 11 is 0. The Labute approximate surface area is 189 Å². The number of nitrogens with one attached hydrogen (secondary N) is 1. The second-order valence-electron chi connectivity index (χ2n) is 9.56. The summed E-state index contributed by atoms with van der Waals surface area (Å²) in [5, 5.41) is 3.63. The molecular weight excluding hydrogens is 380 g/mol. The van der Waals surface area contributed by atoms with Crippen molar-refractivity contribution in [2.24, 2.45) is 5.92 Å². The number of nitrogens with zero attached hydrogens (tertiary/aromatic N) is 1. The molecule has 4 rings (SSSR count). The number of rotatable bonds is 10. The highest BCUT2D eigenvalue weighted by molar-refractivity contribution is 5.17. The zero-order chi connectivity index (χ0) is 21.1. The molecule has 2 fully saturated rings. The number of benzene rings is 2. The minimum absolute atomic E-state index is 0.670. The Kier molecular flexibility index (Phi) is 8.99. The molecule has 0 radical (unpaired) electrons. The van der Waals surface area contributed by atoms with Crippen LogP contribution in [-0.4, -0.2) is 36.7 Å². The normalized spacial score (nSPS) is 24.4. The number of hydrogen-bond acceptors (Lipinski definition) is 3. The second-order valence-corrected chi connectivity index (χ2v) is 9.56. The van der Waals surface area contributed by atoms with Crippen LogP contribution in [0.1, 0.15) is 62.5 Å². The molecule has 2 aliphatic rings. The monoisotopic (exact) mass is 420 g/mol. The maximum Gasteiger partial charge on any atom is 0.0494 e. The molecule has 1 N–H and O–H groups in total. The molecule has 1 saturated carbocycles. The predicted octanol–water partition coefficient (Wildman–Crippen LogP) is 5.80. The van der Waals surface area contributed by atoms with Gasteiger partial charge in [-0.25, -0.2) is 0 Å². The zero-order valence-electron chi connectivity index (χ0n) is 19.1. The molecule has 1 saturated heterocycles. The Morgan fingerprint density at radius 2 is 1.42 bits per heavy atom. The second kappa shape index (κ2) is 12.4. The van der Waals surface area contributed by atoms with Gasteiger partial charge in [0.1, 0.15) is 0 Å². The number of ether oxygens (including phenoxy) is 1. The minimum atomic E-state index is 0.670. The molecule has 0 aromatic heterocycles. The first-order valence-corrected chi connectivity index (χ1v) is 12.5. The molecule has 168 valence electrons. The highest BCUT2D eigenvalue weighted by Crippen LogP contribution is 2.30. The zero-order valence-corrected chi connectivity index (χ0v) is 19.1. The summed E-state index contributed by atoms with van der Waals surface area (Å²) in [5.41, 5.74) is 2.83. The van der Waals surface area contributed by atoms with Crippen LogP contribution in [0.3, 0.4) is 0 Å². The molecule has 1 atom stereocenters. The molecule has 0 bridgehead atoms. The Balaban J connectivity index is 1.23. The van der Waals surface area contributed by atoms with Crippen molar-refractivity contribution in [1.29, 1.82) is 0 Å². The van der Waals surface area contributed by atoms with E-state index in [4.69, 9.17) is 4.74 Å². The van der Waals surface area contributed by atoms with E-state index in [9.17, 15) is 0 Å². The average Bonchev–Trinajstić information content (AvgIpc) is 2.84. The summed E-state index contributed by atoms with van der Waals surface area (Å²) in [4.78, 5) is 2.70. The van der Waals surface area contributed by atoms with E-state index in [0.29, 0.717) is 12.1 Å². The number of piperidine rings is 1. The topological polar surface area (TPSA) is 24.5 Å². The van der Waals surface area contributed by atoms with Gasteiger partial charge in [0, 0.05) is 38.4 Å². The van der Waals surface area contributed by atoms with Crippen LogP contribution < -0.4 is 5.32 Å². The molecule has 0 amide bonds. The lowest BCUT2D eigenvalue weighted by Gasteiger charge is -2.37. The van der Waals surface area contributed by atoms with Crippen LogP contribution in [0.15, 0.2) is 60.7 Å². The molecule has 2 aromatic rings. The van der Waals surface area contributed by atoms with E-state index < -0.39 is 0 Å². The Bertz CT molecular complexity index is 680. The lowest BCUT2D eigenvalue weighted by atomic mass is 9.85. The summed E-state index contributed by atoms with van der Waals surface area (Å²) in [5.74, 6) is 0.742. The summed E-state index contributed by atoms with van der Waals surface area (Å²) in [6, 6.07) is 23.3. The predicted molar refractivity (Wildman–Crippen MR) is 129 cm³/mol. The lowest BCUT2D eigenvalue weighted by Crippen LogP contribution is -2.38. The smallest absolute Gasteiger partial charge is 0.0494 e. The van der Waals surface area contributed by atoms with Crippen molar-refractivity contribution in [3.05, 3.63) is 71.8 Å². The fourth-order valence-corrected chi connectivity index (χ4v) is 5.27. The first-order chi connectivity index (χ1) is 15.4. The molecule has 1 unspecified atom stereocenters. The molecule has 31 heavy (non-hydrogen) atoms. The summed E-state index contributed by atoms with van der Waals surface area (Å²) in [7, 11) is 0. The van der Waals surface area contributed by atoms with Gasteiger partial charge in [-0.3, -0.25) is 4.90 Å². The third-order valence-electron chi connectivity index (χ3n) is 7.17. The van der Waals surface area contributed by atoms with Crippen molar-refractivity contribution >= 4 is 0 Å². The van der Waals surface area contributed by atoms with Gasteiger partial charge in [0.05, 0.1) is 0 Å². The first kappa shape index (κ1) is 22.5. The summed E-state index contributed by atoms with van der Waals surface area (Å²) in [6.07, 6.45) is 10.4. The van der Waals surface area contributed by atoms with E-state index in [1.54, 1.807) is 0 Å². The molecule has 1 heterocycles. The van der Waals surface area contributed by atoms with Gasteiger partial charge < -0.3 is 10.1 Å². The summed E-state index contributed by atoms with van der Waals surface area (Å²) in [6.45, 7) is 5.14. The molecule has 3 heteroatoms. The van der Waals surface area contributed by atoms with Crippen molar-refractivity contribution in [3.63, 3.8) is 0 Å². The van der Waals surface area contributed by atoms with Gasteiger partial charge in [-0.15, -0.1) is 0 Å². The van der Waals surface area contributed by atoms with Crippen molar-refractivity contribution in [2.45, 2.75) is 76.5 Å². The highest BCUT2D eigenvalue weighted by atomic mass is 16.5. The van der Waals surface area contributed by atoms with Crippen LogP contribution in [0.5, 0.6) is 0 Å². The van der Waals surface area contributed by atoms with Crippen molar-refractivity contribution < 1.29 is 4.74 Å². The minimum Gasteiger partial charge on any atom is -0.381 e. The van der Waals surface area contributed by atoms with Crippen LogP contribution in [0.4, 0.5) is 0 Å². The third-order valence-corrected chi connectivity index (χ3v) is 7.17. The molecule has 0 spiro atoms. The van der Waals surface area contributed by atoms with Gasteiger partial charge in [-0.05, 0) is 68.5 Å². The Morgan fingerprint density at radius 1 is 0.774 bits per heavy atom. The highest BCUT2D eigenvalue weighted by Gasteiger charge is 2.26. The summed E-state index contributed by atoms with van der Waals surface area (Å²) < 4.78 is 6.11.